The van der Waals surface area contributed by atoms with Crippen molar-refractivity contribution in [2.45, 2.75) is 20.8 Å². The van der Waals surface area contributed by atoms with Gasteiger partial charge in [-0.05, 0) is 24.5 Å². The van der Waals surface area contributed by atoms with Gasteiger partial charge in [-0.25, -0.2) is 0 Å². The number of carbonyl (C=O) groups excluding carboxylic acids is 1. The van der Waals surface area contributed by atoms with Gasteiger partial charge in [-0.3, -0.25) is 4.79 Å². The third-order valence-corrected chi connectivity index (χ3v) is 1.98. The summed E-state index contributed by atoms with van der Waals surface area (Å²) in [6, 6.07) is 0. The molecule has 0 spiro atoms. The Morgan fingerprint density at radius 3 is 2.55 bits per heavy atom. The average molecular weight is 150 g/mol. The van der Waals surface area contributed by atoms with E-state index < -0.39 is 0 Å². The number of hydrogen-bond acceptors (Lipinski definition) is 1. The van der Waals surface area contributed by atoms with Crippen molar-refractivity contribution in [3.8, 4) is 0 Å². The number of allylic oxidation sites excluding steroid dienone is 4. The van der Waals surface area contributed by atoms with E-state index in [1.54, 1.807) is 6.08 Å². The van der Waals surface area contributed by atoms with E-state index in [1.165, 1.54) is 0 Å². The van der Waals surface area contributed by atoms with Crippen molar-refractivity contribution in [2.24, 2.45) is 11.8 Å². The molecule has 1 aliphatic carbocycles. The minimum atomic E-state index is 0.110. The maximum atomic E-state index is 11.3. The van der Waals surface area contributed by atoms with Crippen LogP contribution in [0.2, 0.25) is 0 Å². The summed E-state index contributed by atoms with van der Waals surface area (Å²) in [5, 5.41) is 0. The standard InChI is InChI=1S/C10H14O/c1-7(2)9-5-4-8(3)6-10(9)11/h4-7,9H,1-3H3/t9-/m0/s1. The second kappa shape index (κ2) is 3.04. The Morgan fingerprint density at radius 2 is 2.09 bits per heavy atom. The van der Waals surface area contributed by atoms with Crippen molar-refractivity contribution >= 4 is 5.78 Å². The van der Waals surface area contributed by atoms with Gasteiger partial charge in [-0.1, -0.05) is 26.0 Å². The van der Waals surface area contributed by atoms with Crippen LogP contribution in [0, 0.1) is 11.8 Å². The van der Waals surface area contributed by atoms with E-state index in [-0.39, 0.29) is 11.7 Å². The molecule has 0 aliphatic heterocycles. The van der Waals surface area contributed by atoms with Gasteiger partial charge >= 0.3 is 0 Å². The molecular formula is C10H14O. The van der Waals surface area contributed by atoms with Crippen LogP contribution in [-0.2, 0) is 4.79 Å². The summed E-state index contributed by atoms with van der Waals surface area (Å²) in [6.45, 7) is 6.09. The van der Waals surface area contributed by atoms with Crippen molar-refractivity contribution in [3.63, 3.8) is 0 Å². The van der Waals surface area contributed by atoms with Crippen LogP contribution in [-0.4, -0.2) is 5.78 Å². The first kappa shape index (κ1) is 8.25. The second-order valence-electron chi connectivity index (χ2n) is 3.42. The molecule has 0 unspecified atom stereocenters. The maximum Gasteiger partial charge on any atom is 0.163 e. The molecule has 0 fully saturated rings. The highest BCUT2D eigenvalue weighted by atomic mass is 16.1. The number of carbonyl (C=O) groups is 1. The molecule has 1 aliphatic rings. The normalized spacial score (nSPS) is 24.2. The minimum absolute atomic E-state index is 0.110. The lowest BCUT2D eigenvalue weighted by Crippen LogP contribution is -2.18. The molecule has 1 rings (SSSR count). The van der Waals surface area contributed by atoms with Crippen molar-refractivity contribution in [3.05, 3.63) is 23.8 Å². The summed E-state index contributed by atoms with van der Waals surface area (Å²) in [5.74, 6) is 0.779. The molecule has 11 heavy (non-hydrogen) atoms. The van der Waals surface area contributed by atoms with E-state index in [4.69, 9.17) is 0 Å². The fourth-order valence-electron chi connectivity index (χ4n) is 1.27. The molecule has 0 bridgehead atoms. The molecule has 0 heterocycles. The van der Waals surface area contributed by atoms with Crippen LogP contribution in [0.5, 0.6) is 0 Å². The van der Waals surface area contributed by atoms with E-state index in [0.29, 0.717) is 5.92 Å². The van der Waals surface area contributed by atoms with Crippen LogP contribution >= 0.6 is 0 Å². The molecule has 0 N–H and O–H groups in total. The zero-order valence-electron chi connectivity index (χ0n) is 7.29. The van der Waals surface area contributed by atoms with Crippen LogP contribution in [0.25, 0.3) is 0 Å². The highest BCUT2D eigenvalue weighted by molar-refractivity contribution is 5.95. The van der Waals surface area contributed by atoms with Gasteiger partial charge in [0.1, 0.15) is 0 Å². The summed E-state index contributed by atoms with van der Waals surface area (Å²) in [5.41, 5.74) is 1.06. The molecule has 1 nitrogen and oxygen atoms in total. The molecule has 0 saturated carbocycles. The number of ketones is 1. The van der Waals surface area contributed by atoms with E-state index in [9.17, 15) is 4.79 Å². The third-order valence-electron chi connectivity index (χ3n) is 1.98. The highest BCUT2D eigenvalue weighted by Gasteiger charge is 2.19. The fourth-order valence-corrected chi connectivity index (χ4v) is 1.27. The van der Waals surface area contributed by atoms with Gasteiger partial charge in [-0.15, -0.1) is 0 Å². The van der Waals surface area contributed by atoms with Crippen molar-refractivity contribution in [1.82, 2.24) is 0 Å². The molecule has 1 heteroatoms. The molecule has 0 saturated heterocycles. The van der Waals surface area contributed by atoms with Gasteiger partial charge in [0.05, 0.1) is 0 Å². The third kappa shape index (κ3) is 1.79. The van der Waals surface area contributed by atoms with Crippen LogP contribution in [0.4, 0.5) is 0 Å². The van der Waals surface area contributed by atoms with Crippen molar-refractivity contribution in [2.75, 3.05) is 0 Å². The molecular weight excluding hydrogens is 136 g/mol. The van der Waals surface area contributed by atoms with Crippen LogP contribution in [0.15, 0.2) is 23.8 Å². The first-order valence-corrected chi connectivity index (χ1v) is 4.01. The summed E-state index contributed by atoms with van der Waals surface area (Å²) >= 11 is 0. The first-order valence-electron chi connectivity index (χ1n) is 4.01. The summed E-state index contributed by atoms with van der Waals surface area (Å²) in [6.07, 6.45) is 5.75. The molecule has 1 atom stereocenters. The first-order chi connectivity index (χ1) is 5.11. The topological polar surface area (TPSA) is 17.1 Å². The Bertz CT molecular complexity index is 221. The zero-order chi connectivity index (χ0) is 8.43. The molecule has 60 valence electrons. The Morgan fingerprint density at radius 1 is 1.45 bits per heavy atom. The Hall–Kier alpha value is -0.850. The van der Waals surface area contributed by atoms with Crippen molar-refractivity contribution < 1.29 is 4.79 Å². The second-order valence-corrected chi connectivity index (χ2v) is 3.42. The Balaban J connectivity index is 2.77. The maximum absolute atomic E-state index is 11.3. The lowest BCUT2D eigenvalue weighted by atomic mass is 9.87. The summed E-state index contributed by atoms with van der Waals surface area (Å²) < 4.78 is 0. The lowest BCUT2D eigenvalue weighted by molar-refractivity contribution is -0.118. The van der Waals surface area contributed by atoms with Crippen LogP contribution in [0.1, 0.15) is 20.8 Å². The largest absolute Gasteiger partial charge is 0.294 e. The fraction of sp³-hybridized carbons (Fsp3) is 0.500. The van der Waals surface area contributed by atoms with E-state index >= 15 is 0 Å². The molecule has 0 aromatic heterocycles. The van der Waals surface area contributed by atoms with Gasteiger partial charge in [-0.2, -0.15) is 0 Å². The van der Waals surface area contributed by atoms with E-state index in [1.807, 2.05) is 19.1 Å². The SMILES string of the molecule is CC1=CC(=O)[C@H](C(C)C)C=C1. The Kier molecular flexibility index (Phi) is 2.28. The van der Waals surface area contributed by atoms with Gasteiger partial charge in [0.15, 0.2) is 5.78 Å². The van der Waals surface area contributed by atoms with Crippen molar-refractivity contribution in [1.29, 1.82) is 0 Å². The lowest BCUT2D eigenvalue weighted by Gasteiger charge is -2.16. The van der Waals surface area contributed by atoms with E-state index in [0.717, 1.165) is 5.57 Å². The summed E-state index contributed by atoms with van der Waals surface area (Å²) in [4.78, 5) is 11.3. The predicted molar refractivity (Wildman–Crippen MR) is 46.2 cm³/mol. The monoisotopic (exact) mass is 150 g/mol. The minimum Gasteiger partial charge on any atom is -0.294 e. The van der Waals surface area contributed by atoms with Crippen LogP contribution in [0.3, 0.4) is 0 Å². The Labute approximate surface area is 67.8 Å². The average Bonchev–Trinajstić information content (AvgIpc) is 1.85. The van der Waals surface area contributed by atoms with Gasteiger partial charge < -0.3 is 0 Å². The summed E-state index contributed by atoms with van der Waals surface area (Å²) in [7, 11) is 0. The molecule has 0 aromatic rings. The van der Waals surface area contributed by atoms with Gasteiger partial charge in [0.2, 0.25) is 0 Å². The van der Waals surface area contributed by atoms with Gasteiger partial charge in [0, 0.05) is 5.92 Å². The van der Waals surface area contributed by atoms with Crippen LogP contribution < -0.4 is 0 Å². The number of rotatable bonds is 1. The zero-order valence-corrected chi connectivity index (χ0v) is 7.29. The quantitative estimate of drug-likeness (QED) is 0.560. The predicted octanol–water partition coefficient (Wildman–Crippen LogP) is 2.34. The molecule has 0 aromatic carbocycles. The smallest absolute Gasteiger partial charge is 0.163 e. The molecule has 0 radical (unpaired) electrons. The molecule has 0 amide bonds. The number of hydrogen-bond donors (Lipinski definition) is 0. The van der Waals surface area contributed by atoms with Gasteiger partial charge in [0.25, 0.3) is 0 Å². The van der Waals surface area contributed by atoms with E-state index in [2.05, 4.69) is 13.8 Å². The highest BCUT2D eigenvalue weighted by Crippen LogP contribution is 2.19.